The third kappa shape index (κ3) is 2.48. The van der Waals surface area contributed by atoms with Gasteiger partial charge in [-0.1, -0.05) is 0 Å². The molecule has 0 aromatic carbocycles. The molecule has 0 saturated heterocycles. The smallest absolute Gasteiger partial charge is 0.323 e. The minimum Gasteiger partial charge on any atom is -0.358 e. The van der Waals surface area contributed by atoms with Crippen molar-refractivity contribution in [3.8, 4) is 0 Å². The summed E-state index contributed by atoms with van der Waals surface area (Å²) in [7, 11) is 3.12. The zero-order valence-electron chi connectivity index (χ0n) is 10.8. The van der Waals surface area contributed by atoms with Crippen LogP contribution in [0.1, 0.15) is 24.3 Å². The second kappa shape index (κ2) is 4.97. The van der Waals surface area contributed by atoms with E-state index in [1.807, 2.05) is 13.8 Å². The number of amides is 1. The van der Waals surface area contributed by atoms with Crippen LogP contribution in [-0.2, 0) is 7.05 Å². The lowest BCUT2D eigenvalue weighted by molar-refractivity contribution is -0.391. The molecular formula is C11H16ClN3O3. The normalized spacial score (nSPS) is 11.4. The fourth-order valence-electron chi connectivity index (χ4n) is 1.43. The fourth-order valence-corrected chi connectivity index (χ4v) is 1.61. The summed E-state index contributed by atoms with van der Waals surface area (Å²) >= 11 is 5.81. The van der Waals surface area contributed by atoms with Gasteiger partial charge in [0.05, 0.1) is 12.6 Å². The predicted octanol–water partition coefficient (Wildman–Crippen LogP) is 2.02. The number of nitrogens with zero attached hydrogens (tertiary/aromatic N) is 3. The van der Waals surface area contributed by atoms with Crippen molar-refractivity contribution in [3.63, 3.8) is 0 Å². The maximum absolute atomic E-state index is 12.2. The van der Waals surface area contributed by atoms with Gasteiger partial charge in [-0.2, -0.15) is 0 Å². The highest BCUT2D eigenvalue weighted by atomic mass is 35.5. The summed E-state index contributed by atoms with van der Waals surface area (Å²) in [5.74, 6) is -0.131. The van der Waals surface area contributed by atoms with Crippen molar-refractivity contribution >= 4 is 23.3 Å². The Morgan fingerprint density at radius 2 is 2.11 bits per heavy atom. The maximum Gasteiger partial charge on any atom is 0.323 e. The Hall–Kier alpha value is -1.56. The van der Waals surface area contributed by atoms with E-state index in [1.54, 1.807) is 7.05 Å². The molecule has 100 valence electrons. The number of aromatic nitrogens is 1. The molecule has 1 aromatic rings. The van der Waals surface area contributed by atoms with Crippen molar-refractivity contribution in [2.24, 2.45) is 7.05 Å². The monoisotopic (exact) mass is 273 g/mol. The quantitative estimate of drug-likeness (QED) is 0.479. The number of nitro groups is 1. The molecule has 7 heteroatoms. The molecule has 0 aliphatic rings. The highest BCUT2D eigenvalue weighted by molar-refractivity contribution is 6.18. The summed E-state index contributed by atoms with van der Waals surface area (Å²) in [4.78, 5) is 23.9. The van der Waals surface area contributed by atoms with Crippen molar-refractivity contribution in [2.45, 2.75) is 19.4 Å². The summed E-state index contributed by atoms with van der Waals surface area (Å²) < 4.78 is 1.27. The molecule has 18 heavy (non-hydrogen) atoms. The Balaban J connectivity index is 3.09. The molecule has 0 aliphatic heterocycles. The first-order chi connectivity index (χ1) is 8.22. The Morgan fingerprint density at radius 1 is 1.56 bits per heavy atom. The lowest BCUT2D eigenvalue weighted by atomic mass is 10.1. The number of hydrogen-bond acceptors (Lipinski definition) is 3. The molecule has 0 unspecified atom stereocenters. The van der Waals surface area contributed by atoms with E-state index in [-0.39, 0.29) is 23.3 Å². The average molecular weight is 274 g/mol. The summed E-state index contributed by atoms with van der Waals surface area (Å²) in [5.41, 5.74) is -0.250. The van der Waals surface area contributed by atoms with E-state index in [0.717, 1.165) is 0 Å². The summed E-state index contributed by atoms with van der Waals surface area (Å²) in [6.45, 7) is 3.66. The van der Waals surface area contributed by atoms with Gasteiger partial charge in [0, 0.05) is 19.0 Å². The molecule has 0 fully saturated rings. The molecule has 1 aromatic heterocycles. The Labute approximate surface area is 110 Å². The van der Waals surface area contributed by atoms with Gasteiger partial charge in [0.2, 0.25) is 0 Å². The van der Waals surface area contributed by atoms with E-state index in [0.29, 0.717) is 0 Å². The molecule has 0 bridgehead atoms. The van der Waals surface area contributed by atoms with Gasteiger partial charge < -0.3 is 15.0 Å². The molecule has 0 atom stereocenters. The number of carbonyl (C=O) groups is 1. The molecule has 0 aliphatic carbocycles. The van der Waals surface area contributed by atoms with Gasteiger partial charge in [-0.3, -0.25) is 4.79 Å². The number of hydrogen-bond donors (Lipinski definition) is 0. The zero-order valence-corrected chi connectivity index (χ0v) is 11.6. The van der Waals surface area contributed by atoms with Gasteiger partial charge in [-0.15, -0.1) is 11.6 Å². The maximum atomic E-state index is 12.2. The van der Waals surface area contributed by atoms with Crippen LogP contribution in [0.5, 0.6) is 0 Å². The lowest BCUT2D eigenvalue weighted by Gasteiger charge is -2.33. The van der Waals surface area contributed by atoms with Gasteiger partial charge in [0.1, 0.15) is 0 Å². The minimum atomic E-state index is -0.524. The van der Waals surface area contributed by atoms with E-state index < -0.39 is 10.5 Å². The summed E-state index contributed by atoms with van der Waals surface area (Å²) in [6.07, 6.45) is 0. The van der Waals surface area contributed by atoms with Crippen molar-refractivity contribution in [2.75, 3.05) is 12.9 Å². The molecule has 6 nitrogen and oxygen atoms in total. The Kier molecular flexibility index (Phi) is 4.01. The highest BCUT2D eigenvalue weighted by Crippen LogP contribution is 2.21. The molecular weight excluding hydrogens is 258 g/mol. The molecule has 0 N–H and O–H groups in total. The summed E-state index contributed by atoms with van der Waals surface area (Å²) in [6, 6.07) is 2.76. The van der Waals surface area contributed by atoms with Gasteiger partial charge in [-0.25, -0.2) is 4.57 Å². The standard InChI is InChI=1S/C11H16ClN3O3/c1-11(2,7-12)14(4)10(16)8-5-6-9(13(8)3)15(17)18/h5-6H,7H2,1-4H3. The SMILES string of the molecule is CN(C(=O)c1ccc([N+](=O)[O-])n1C)C(C)(C)CCl. The molecule has 1 heterocycles. The number of rotatable bonds is 4. The van der Waals surface area contributed by atoms with Crippen LogP contribution in [-0.4, -0.2) is 38.8 Å². The number of carbonyl (C=O) groups excluding carboxylic acids is 1. The fraction of sp³-hybridized carbons (Fsp3) is 0.545. The second-order valence-corrected chi connectivity index (χ2v) is 4.97. The van der Waals surface area contributed by atoms with Crippen LogP contribution in [0, 0.1) is 10.1 Å². The third-order valence-corrected chi connectivity index (χ3v) is 3.70. The van der Waals surface area contributed by atoms with Crippen LogP contribution in [0.3, 0.4) is 0 Å². The van der Waals surface area contributed by atoms with Crippen LogP contribution in [0.25, 0.3) is 0 Å². The van der Waals surface area contributed by atoms with E-state index in [2.05, 4.69) is 0 Å². The first-order valence-corrected chi connectivity index (χ1v) is 5.90. The number of alkyl halides is 1. The van der Waals surface area contributed by atoms with Crippen LogP contribution in [0.4, 0.5) is 5.82 Å². The van der Waals surface area contributed by atoms with Crippen LogP contribution in [0.15, 0.2) is 12.1 Å². The van der Waals surface area contributed by atoms with Crippen LogP contribution >= 0.6 is 11.6 Å². The van der Waals surface area contributed by atoms with E-state index >= 15 is 0 Å². The van der Waals surface area contributed by atoms with E-state index in [1.165, 1.54) is 28.6 Å². The van der Waals surface area contributed by atoms with Crippen molar-refractivity contribution in [3.05, 3.63) is 27.9 Å². The number of halogens is 1. The Morgan fingerprint density at radius 3 is 2.50 bits per heavy atom. The molecule has 0 spiro atoms. The van der Waals surface area contributed by atoms with Gasteiger partial charge in [0.15, 0.2) is 5.69 Å². The van der Waals surface area contributed by atoms with Gasteiger partial charge in [0.25, 0.3) is 5.91 Å². The van der Waals surface area contributed by atoms with Gasteiger partial charge >= 0.3 is 5.82 Å². The molecule has 0 radical (unpaired) electrons. The van der Waals surface area contributed by atoms with Gasteiger partial charge in [-0.05, 0) is 24.8 Å². The lowest BCUT2D eigenvalue weighted by Crippen LogP contribution is -2.46. The topological polar surface area (TPSA) is 68.4 Å². The third-order valence-electron chi connectivity index (χ3n) is 3.04. The first-order valence-electron chi connectivity index (χ1n) is 5.36. The van der Waals surface area contributed by atoms with E-state index in [4.69, 9.17) is 11.6 Å². The molecule has 1 rings (SSSR count). The average Bonchev–Trinajstić information content (AvgIpc) is 2.69. The predicted molar refractivity (Wildman–Crippen MR) is 69.0 cm³/mol. The Bertz CT molecular complexity index is 482. The van der Waals surface area contributed by atoms with Crippen LogP contribution < -0.4 is 0 Å². The van der Waals surface area contributed by atoms with Crippen molar-refractivity contribution in [1.29, 1.82) is 0 Å². The molecule has 1 amide bonds. The molecule has 0 saturated carbocycles. The van der Waals surface area contributed by atoms with Crippen molar-refractivity contribution in [1.82, 2.24) is 9.47 Å². The zero-order chi connectivity index (χ0) is 14.1. The first kappa shape index (κ1) is 14.5. The van der Waals surface area contributed by atoms with E-state index in [9.17, 15) is 14.9 Å². The van der Waals surface area contributed by atoms with Crippen molar-refractivity contribution < 1.29 is 9.72 Å². The van der Waals surface area contributed by atoms with Crippen LogP contribution in [0.2, 0.25) is 0 Å². The highest BCUT2D eigenvalue weighted by Gasteiger charge is 2.31. The summed E-state index contributed by atoms with van der Waals surface area (Å²) in [5, 5.41) is 10.7. The second-order valence-electron chi connectivity index (χ2n) is 4.70. The minimum absolute atomic E-state index is 0.115. The largest absolute Gasteiger partial charge is 0.358 e.